The lowest BCUT2D eigenvalue weighted by Gasteiger charge is -2.10. The van der Waals surface area contributed by atoms with Gasteiger partial charge in [-0.1, -0.05) is 0 Å². The van der Waals surface area contributed by atoms with Crippen LogP contribution in [0.3, 0.4) is 0 Å². The molecule has 2 N–H and O–H groups in total. The zero-order valence-corrected chi connectivity index (χ0v) is 10.8. The van der Waals surface area contributed by atoms with Crippen LogP contribution in [0.1, 0.15) is 23.2 Å². The Bertz CT molecular complexity index is 545. The molecule has 0 atom stereocenters. The molecule has 7 heteroatoms. The molecule has 1 aliphatic carbocycles. The Balaban J connectivity index is 2.02. The Morgan fingerprint density at radius 3 is 2.60 bits per heavy atom. The Morgan fingerprint density at radius 1 is 1.30 bits per heavy atom. The molecule has 1 saturated carbocycles. The fourth-order valence-corrected chi connectivity index (χ4v) is 1.64. The molecule has 1 amide bonds. The number of rotatable bonds is 5. The first-order chi connectivity index (χ1) is 9.52. The Labute approximate surface area is 114 Å². The second-order valence-corrected chi connectivity index (χ2v) is 4.48. The highest BCUT2D eigenvalue weighted by Gasteiger charge is 2.23. The van der Waals surface area contributed by atoms with Gasteiger partial charge in [-0.25, -0.2) is 13.6 Å². The fraction of sp³-hybridized carbons (Fsp3) is 0.385. The number of amides is 1. The van der Waals surface area contributed by atoms with Gasteiger partial charge in [0.05, 0.1) is 24.9 Å². The SMILES string of the molecule is COC(=O)c1ccc(NCC(=O)NC2CC2)c(F)c1F. The zero-order chi connectivity index (χ0) is 14.7. The molecule has 1 aromatic rings. The number of halogens is 2. The van der Waals surface area contributed by atoms with Crippen molar-refractivity contribution in [3.05, 3.63) is 29.3 Å². The van der Waals surface area contributed by atoms with Gasteiger partial charge in [-0.3, -0.25) is 4.79 Å². The van der Waals surface area contributed by atoms with Crippen LogP contribution in [0.4, 0.5) is 14.5 Å². The van der Waals surface area contributed by atoms with Gasteiger partial charge in [0.1, 0.15) is 0 Å². The van der Waals surface area contributed by atoms with E-state index in [0.717, 1.165) is 26.0 Å². The zero-order valence-electron chi connectivity index (χ0n) is 10.8. The van der Waals surface area contributed by atoms with Crippen molar-refractivity contribution in [2.45, 2.75) is 18.9 Å². The minimum absolute atomic E-state index is 0.162. The van der Waals surface area contributed by atoms with Crippen molar-refractivity contribution in [2.24, 2.45) is 0 Å². The molecule has 0 unspecified atom stereocenters. The number of carbonyl (C=O) groups is 2. The molecule has 0 aliphatic heterocycles. The van der Waals surface area contributed by atoms with Crippen LogP contribution in [-0.4, -0.2) is 31.6 Å². The molecule has 0 bridgehead atoms. The molecule has 1 fully saturated rings. The quantitative estimate of drug-likeness (QED) is 0.803. The summed E-state index contributed by atoms with van der Waals surface area (Å²) < 4.78 is 31.7. The molecule has 1 aromatic carbocycles. The van der Waals surface area contributed by atoms with Gasteiger partial charge in [-0.2, -0.15) is 0 Å². The van der Waals surface area contributed by atoms with E-state index in [1.165, 1.54) is 6.07 Å². The number of carbonyl (C=O) groups excluding carboxylic acids is 2. The van der Waals surface area contributed by atoms with Crippen molar-refractivity contribution in [1.82, 2.24) is 5.32 Å². The summed E-state index contributed by atoms with van der Waals surface area (Å²) in [4.78, 5) is 22.6. The van der Waals surface area contributed by atoms with Gasteiger partial charge < -0.3 is 15.4 Å². The van der Waals surface area contributed by atoms with E-state index >= 15 is 0 Å². The average molecular weight is 284 g/mol. The molecule has 2 rings (SSSR count). The topological polar surface area (TPSA) is 67.4 Å². The highest BCUT2D eigenvalue weighted by molar-refractivity contribution is 5.90. The summed E-state index contributed by atoms with van der Waals surface area (Å²) in [5.41, 5.74) is -0.668. The number of esters is 1. The molecule has 20 heavy (non-hydrogen) atoms. The lowest BCUT2D eigenvalue weighted by atomic mass is 10.2. The molecule has 0 spiro atoms. The van der Waals surface area contributed by atoms with E-state index in [4.69, 9.17) is 0 Å². The summed E-state index contributed by atoms with van der Waals surface area (Å²) in [7, 11) is 1.08. The molecule has 1 aliphatic rings. The Kier molecular flexibility index (Phi) is 4.16. The van der Waals surface area contributed by atoms with Crippen LogP contribution in [0.25, 0.3) is 0 Å². The highest BCUT2D eigenvalue weighted by Crippen LogP contribution is 2.21. The van der Waals surface area contributed by atoms with Gasteiger partial charge in [0, 0.05) is 6.04 Å². The van der Waals surface area contributed by atoms with Crippen molar-refractivity contribution in [3.63, 3.8) is 0 Å². The smallest absolute Gasteiger partial charge is 0.340 e. The summed E-state index contributed by atoms with van der Waals surface area (Å²) in [5.74, 6) is -3.76. The summed E-state index contributed by atoms with van der Waals surface area (Å²) in [6.45, 7) is -0.162. The molecule has 0 aromatic heterocycles. The molecule has 5 nitrogen and oxygen atoms in total. The van der Waals surface area contributed by atoms with Crippen molar-refractivity contribution >= 4 is 17.6 Å². The first kappa shape index (κ1) is 14.2. The van der Waals surface area contributed by atoms with Gasteiger partial charge in [-0.15, -0.1) is 0 Å². The minimum atomic E-state index is -1.30. The van der Waals surface area contributed by atoms with Gasteiger partial charge in [0.15, 0.2) is 11.6 Å². The third-order valence-electron chi connectivity index (χ3n) is 2.87. The summed E-state index contributed by atoms with van der Waals surface area (Å²) in [5, 5.41) is 5.20. The third kappa shape index (κ3) is 3.23. The molecular formula is C13H14F2N2O3. The molecular weight excluding hydrogens is 270 g/mol. The molecule has 0 saturated heterocycles. The summed E-state index contributed by atoms with van der Waals surface area (Å²) >= 11 is 0. The van der Waals surface area contributed by atoms with Crippen LogP contribution in [-0.2, 0) is 9.53 Å². The van der Waals surface area contributed by atoms with Crippen LogP contribution in [0, 0.1) is 11.6 Å². The number of hydrogen-bond donors (Lipinski definition) is 2. The van der Waals surface area contributed by atoms with Crippen LogP contribution in [0.2, 0.25) is 0 Å². The third-order valence-corrected chi connectivity index (χ3v) is 2.87. The predicted molar refractivity (Wildman–Crippen MR) is 67.4 cm³/mol. The van der Waals surface area contributed by atoms with E-state index < -0.39 is 23.2 Å². The largest absolute Gasteiger partial charge is 0.465 e. The molecule has 0 radical (unpaired) electrons. The van der Waals surface area contributed by atoms with Crippen LogP contribution < -0.4 is 10.6 Å². The van der Waals surface area contributed by atoms with E-state index in [0.29, 0.717) is 0 Å². The number of anilines is 1. The van der Waals surface area contributed by atoms with E-state index in [2.05, 4.69) is 15.4 Å². The van der Waals surface area contributed by atoms with Crippen LogP contribution in [0.5, 0.6) is 0 Å². The number of benzene rings is 1. The van der Waals surface area contributed by atoms with E-state index in [-0.39, 0.29) is 24.2 Å². The first-order valence-electron chi connectivity index (χ1n) is 6.12. The summed E-state index contributed by atoms with van der Waals surface area (Å²) in [6.07, 6.45) is 1.89. The Hall–Kier alpha value is -2.18. The van der Waals surface area contributed by atoms with Gasteiger partial charge >= 0.3 is 5.97 Å². The highest BCUT2D eigenvalue weighted by atomic mass is 19.2. The Morgan fingerprint density at radius 2 is 2.00 bits per heavy atom. The minimum Gasteiger partial charge on any atom is -0.465 e. The lowest BCUT2D eigenvalue weighted by Crippen LogP contribution is -2.31. The van der Waals surface area contributed by atoms with Crippen molar-refractivity contribution in [2.75, 3.05) is 19.0 Å². The molecule has 0 heterocycles. The van der Waals surface area contributed by atoms with E-state index in [1.54, 1.807) is 0 Å². The van der Waals surface area contributed by atoms with Crippen molar-refractivity contribution in [1.29, 1.82) is 0 Å². The van der Waals surface area contributed by atoms with E-state index in [1.807, 2.05) is 0 Å². The lowest BCUT2D eigenvalue weighted by molar-refractivity contribution is -0.119. The van der Waals surface area contributed by atoms with Crippen molar-refractivity contribution < 1.29 is 23.1 Å². The fourth-order valence-electron chi connectivity index (χ4n) is 1.64. The predicted octanol–water partition coefficient (Wildman–Crippen LogP) is 1.44. The summed E-state index contributed by atoms with van der Waals surface area (Å²) in [6, 6.07) is 2.49. The van der Waals surface area contributed by atoms with E-state index in [9.17, 15) is 18.4 Å². The number of methoxy groups -OCH3 is 1. The normalized spacial score (nSPS) is 13.8. The molecule has 108 valence electrons. The van der Waals surface area contributed by atoms with Crippen molar-refractivity contribution in [3.8, 4) is 0 Å². The maximum atomic E-state index is 13.7. The van der Waals surface area contributed by atoms with Gasteiger partial charge in [0.2, 0.25) is 5.91 Å². The first-order valence-corrected chi connectivity index (χ1v) is 6.12. The van der Waals surface area contributed by atoms with Crippen LogP contribution in [0.15, 0.2) is 12.1 Å². The maximum Gasteiger partial charge on any atom is 0.340 e. The van der Waals surface area contributed by atoms with Crippen LogP contribution >= 0.6 is 0 Å². The van der Waals surface area contributed by atoms with Gasteiger partial charge in [-0.05, 0) is 25.0 Å². The average Bonchev–Trinajstić information content (AvgIpc) is 3.23. The number of nitrogens with one attached hydrogen (secondary N) is 2. The number of ether oxygens (including phenoxy) is 1. The number of hydrogen-bond acceptors (Lipinski definition) is 4. The maximum absolute atomic E-state index is 13.7. The second-order valence-electron chi connectivity index (χ2n) is 4.48. The van der Waals surface area contributed by atoms with Gasteiger partial charge in [0.25, 0.3) is 0 Å². The second kappa shape index (κ2) is 5.85. The standard InChI is InChI=1S/C13H14F2N2O3/c1-20-13(19)8-4-5-9(12(15)11(8)14)16-6-10(18)17-7-2-3-7/h4-5,7,16H,2-3,6H2,1H3,(H,17,18). The monoisotopic (exact) mass is 284 g/mol.